The lowest BCUT2D eigenvalue weighted by Gasteiger charge is -2.18. The zero-order chi connectivity index (χ0) is 22.1. The fourth-order valence-electron chi connectivity index (χ4n) is 3.01. The van der Waals surface area contributed by atoms with Gasteiger partial charge in [0, 0.05) is 23.4 Å². The van der Waals surface area contributed by atoms with Crippen molar-refractivity contribution >= 4 is 15.9 Å². The van der Waals surface area contributed by atoms with Crippen molar-refractivity contribution in [3.05, 3.63) is 97.4 Å². The lowest BCUT2D eigenvalue weighted by molar-refractivity contribution is 0.0786. The maximum absolute atomic E-state index is 13.8. The Kier molecular flexibility index (Phi) is 6.43. The van der Waals surface area contributed by atoms with Gasteiger partial charge in [-0.2, -0.15) is 0 Å². The third kappa shape index (κ3) is 4.96. The number of hydrogen-bond acceptors (Lipinski definition) is 3. The Bertz CT molecular complexity index is 1120. The smallest absolute Gasteiger partial charge is 0.269 e. The number of pyridine rings is 1. The lowest BCUT2D eigenvalue weighted by Crippen LogP contribution is -2.24. The van der Waals surface area contributed by atoms with E-state index in [4.69, 9.17) is 4.74 Å². The average Bonchev–Trinajstić information content (AvgIpc) is 2.68. The van der Waals surface area contributed by atoms with Gasteiger partial charge in [0.25, 0.3) is 5.56 Å². The van der Waals surface area contributed by atoms with Crippen molar-refractivity contribution in [2.45, 2.75) is 39.5 Å². The second-order valence-corrected chi connectivity index (χ2v) is 8.43. The summed E-state index contributed by atoms with van der Waals surface area (Å²) in [6, 6.07) is 12.4. The maximum atomic E-state index is 13.8. The summed E-state index contributed by atoms with van der Waals surface area (Å²) in [5.41, 5.74) is 1.34. The van der Waals surface area contributed by atoms with Gasteiger partial charge in [-0.1, -0.05) is 24.3 Å². The molecule has 0 saturated heterocycles. The molecule has 1 heterocycles. The molecule has 0 bridgehead atoms. The third-order valence-electron chi connectivity index (χ3n) is 4.81. The van der Waals surface area contributed by atoms with Gasteiger partial charge in [-0.3, -0.25) is 4.79 Å². The first-order chi connectivity index (χ1) is 14.1. The SMILES string of the molecule is Cc1cc(OCc2ccc(F)cc2F)c(Br)c(=O)n1Cc1ccc(C(C)(C)O)cc1. The van der Waals surface area contributed by atoms with E-state index in [1.807, 2.05) is 24.3 Å². The molecule has 0 unspecified atom stereocenters. The number of ether oxygens (including phenoxy) is 1. The summed E-state index contributed by atoms with van der Waals surface area (Å²) in [5, 5.41) is 10.1. The van der Waals surface area contributed by atoms with E-state index < -0.39 is 17.2 Å². The molecule has 0 aliphatic heterocycles. The van der Waals surface area contributed by atoms with Crippen LogP contribution in [0.25, 0.3) is 0 Å². The molecule has 0 amide bonds. The average molecular weight is 478 g/mol. The fourth-order valence-corrected chi connectivity index (χ4v) is 3.45. The van der Waals surface area contributed by atoms with Crippen molar-refractivity contribution in [3.63, 3.8) is 0 Å². The highest BCUT2D eigenvalue weighted by atomic mass is 79.9. The van der Waals surface area contributed by atoms with Gasteiger partial charge in [-0.05, 0) is 60.0 Å². The minimum atomic E-state index is -0.933. The molecule has 0 aliphatic rings. The molecule has 0 atom stereocenters. The standard InChI is InChI=1S/C23H22BrF2NO3/c1-14-10-20(30-13-16-6-9-18(25)11-19(16)26)21(24)22(28)27(14)12-15-4-7-17(8-5-15)23(2,3)29/h4-11,29H,12-13H2,1-3H3. The highest BCUT2D eigenvalue weighted by molar-refractivity contribution is 9.10. The van der Waals surface area contributed by atoms with Gasteiger partial charge in [0.2, 0.25) is 0 Å². The van der Waals surface area contributed by atoms with E-state index in [2.05, 4.69) is 15.9 Å². The first-order valence-electron chi connectivity index (χ1n) is 9.34. The van der Waals surface area contributed by atoms with Crippen molar-refractivity contribution in [2.75, 3.05) is 0 Å². The molecular formula is C23H22BrF2NO3. The minimum absolute atomic E-state index is 0.133. The number of nitrogens with zero attached hydrogens (tertiary/aromatic N) is 1. The van der Waals surface area contributed by atoms with E-state index in [0.717, 1.165) is 23.3 Å². The Morgan fingerprint density at radius 3 is 2.37 bits per heavy atom. The van der Waals surface area contributed by atoms with Crippen LogP contribution in [-0.4, -0.2) is 9.67 Å². The van der Waals surface area contributed by atoms with Gasteiger partial charge in [0.05, 0.1) is 12.1 Å². The van der Waals surface area contributed by atoms with E-state index in [1.165, 1.54) is 6.07 Å². The molecule has 0 fully saturated rings. The zero-order valence-electron chi connectivity index (χ0n) is 16.9. The monoisotopic (exact) mass is 477 g/mol. The van der Waals surface area contributed by atoms with Crippen LogP contribution in [0.1, 0.15) is 36.2 Å². The molecule has 1 aromatic heterocycles. The van der Waals surface area contributed by atoms with Crippen LogP contribution >= 0.6 is 15.9 Å². The fraction of sp³-hybridized carbons (Fsp3) is 0.261. The van der Waals surface area contributed by atoms with Gasteiger partial charge >= 0.3 is 0 Å². The Labute approximate surface area is 181 Å². The molecule has 0 saturated carbocycles. The number of halogens is 3. The number of rotatable bonds is 6. The van der Waals surface area contributed by atoms with E-state index in [1.54, 1.807) is 31.4 Å². The Morgan fingerprint density at radius 1 is 1.10 bits per heavy atom. The summed E-state index contributed by atoms with van der Waals surface area (Å²) < 4.78 is 34.3. The largest absolute Gasteiger partial charge is 0.487 e. The predicted octanol–water partition coefficient (Wildman–Crippen LogP) is 5.05. The minimum Gasteiger partial charge on any atom is -0.487 e. The Hall–Kier alpha value is -2.51. The maximum Gasteiger partial charge on any atom is 0.269 e. The van der Waals surface area contributed by atoms with E-state index in [-0.39, 0.29) is 28.0 Å². The van der Waals surface area contributed by atoms with E-state index in [0.29, 0.717) is 12.2 Å². The molecule has 4 nitrogen and oxygen atoms in total. The highest BCUT2D eigenvalue weighted by Crippen LogP contribution is 2.25. The van der Waals surface area contributed by atoms with Crippen LogP contribution in [0.2, 0.25) is 0 Å². The van der Waals surface area contributed by atoms with Crippen molar-refractivity contribution in [2.24, 2.45) is 0 Å². The van der Waals surface area contributed by atoms with Gasteiger partial charge in [0.15, 0.2) is 0 Å². The normalized spacial score (nSPS) is 11.6. The summed E-state index contributed by atoms with van der Waals surface area (Å²) in [4.78, 5) is 12.8. The summed E-state index contributed by atoms with van der Waals surface area (Å²) in [5.74, 6) is -1.08. The van der Waals surface area contributed by atoms with Crippen LogP contribution in [0.5, 0.6) is 5.75 Å². The second-order valence-electron chi connectivity index (χ2n) is 7.64. The van der Waals surface area contributed by atoms with Crippen LogP contribution in [0.4, 0.5) is 8.78 Å². The van der Waals surface area contributed by atoms with Gasteiger partial charge in [-0.15, -0.1) is 0 Å². The summed E-state index contributed by atoms with van der Waals surface area (Å²) in [6.07, 6.45) is 0. The van der Waals surface area contributed by atoms with Crippen LogP contribution in [0.3, 0.4) is 0 Å². The highest BCUT2D eigenvalue weighted by Gasteiger charge is 2.16. The molecule has 30 heavy (non-hydrogen) atoms. The van der Waals surface area contributed by atoms with E-state index >= 15 is 0 Å². The second kappa shape index (κ2) is 8.70. The van der Waals surface area contributed by atoms with Crippen molar-refractivity contribution in [3.8, 4) is 5.75 Å². The van der Waals surface area contributed by atoms with Crippen molar-refractivity contribution < 1.29 is 18.6 Å². The molecule has 1 N–H and O–H groups in total. The van der Waals surface area contributed by atoms with Crippen LogP contribution in [0, 0.1) is 18.6 Å². The van der Waals surface area contributed by atoms with Crippen molar-refractivity contribution in [1.29, 1.82) is 0 Å². The molecule has 7 heteroatoms. The van der Waals surface area contributed by atoms with Crippen molar-refractivity contribution in [1.82, 2.24) is 4.57 Å². The molecule has 0 aliphatic carbocycles. The Balaban J connectivity index is 1.81. The quantitative estimate of drug-likeness (QED) is 0.540. The number of aliphatic hydroxyl groups is 1. The zero-order valence-corrected chi connectivity index (χ0v) is 18.5. The molecule has 2 aromatic carbocycles. The number of benzene rings is 2. The summed E-state index contributed by atoms with van der Waals surface area (Å²) >= 11 is 3.27. The summed E-state index contributed by atoms with van der Waals surface area (Å²) in [6.45, 7) is 5.42. The molecule has 3 rings (SSSR count). The topological polar surface area (TPSA) is 51.5 Å². The number of aryl methyl sites for hydroxylation is 1. The number of hydrogen-bond donors (Lipinski definition) is 1. The van der Waals surface area contributed by atoms with Gasteiger partial charge in [-0.25, -0.2) is 8.78 Å². The molecule has 3 aromatic rings. The van der Waals surface area contributed by atoms with Crippen LogP contribution in [-0.2, 0) is 18.8 Å². The van der Waals surface area contributed by atoms with Gasteiger partial charge < -0.3 is 14.4 Å². The lowest BCUT2D eigenvalue weighted by atomic mass is 9.97. The molecule has 0 spiro atoms. The number of aromatic nitrogens is 1. The van der Waals surface area contributed by atoms with Crippen LogP contribution in [0.15, 0.2) is 57.8 Å². The summed E-state index contributed by atoms with van der Waals surface area (Å²) in [7, 11) is 0. The van der Waals surface area contributed by atoms with Crippen LogP contribution < -0.4 is 10.3 Å². The van der Waals surface area contributed by atoms with Gasteiger partial charge in [0.1, 0.15) is 28.5 Å². The first-order valence-corrected chi connectivity index (χ1v) is 10.1. The molecule has 0 radical (unpaired) electrons. The Morgan fingerprint density at radius 2 is 1.77 bits per heavy atom. The first kappa shape index (κ1) is 22.2. The molecular weight excluding hydrogens is 456 g/mol. The third-order valence-corrected chi connectivity index (χ3v) is 5.54. The van der Waals surface area contributed by atoms with E-state index in [9.17, 15) is 18.7 Å². The molecule has 158 valence electrons. The predicted molar refractivity (Wildman–Crippen MR) is 115 cm³/mol.